The van der Waals surface area contributed by atoms with Crippen molar-refractivity contribution in [2.45, 2.75) is 26.3 Å². The highest BCUT2D eigenvalue weighted by atomic mass is 16.5. The average Bonchev–Trinajstić information content (AvgIpc) is 2.44. The number of carbonyl (C=O) groups excluding carboxylic acids is 1. The Morgan fingerprint density at radius 3 is 3.05 bits per heavy atom. The van der Waals surface area contributed by atoms with Crippen molar-refractivity contribution < 1.29 is 9.53 Å². The lowest BCUT2D eigenvalue weighted by Gasteiger charge is -2.07. The van der Waals surface area contributed by atoms with Crippen LogP contribution < -0.4 is 10.6 Å². The lowest BCUT2D eigenvalue weighted by Crippen LogP contribution is -2.30. The van der Waals surface area contributed by atoms with Crippen LogP contribution in [0.25, 0.3) is 0 Å². The van der Waals surface area contributed by atoms with E-state index in [2.05, 4.69) is 15.6 Å². The molecule has 0 aromatic carbocycles. The monoisotopic (exact) mass is 265 g/mol. The van der Waals surface area contributed by atoms with Gasteiger partial charge in [-0.05, 0) is 31.0 Å². The van der Waals surface area contributed by atoms with Crippen LogP contribution in [-0.4, -0.2) is 37.2 Å². The van der Waals surface area contributed by atoms with Gasteiger partial charge in [0.05, 0.1) is 0 Å². The van der Waals surface area contributed by atoms with Crippen LogP contribution in [0.3, 0.4) is 0 Å². The molecule has 0 unspecified atom stereocenters. The Hall–Kier alpha value is -1.46. The molecule has 0 saturated carbocycles. The fourth-order valence-corrected chi connectivity index (χ4v) is 1.54. The van der Waals surface area contributed by atoms with Crippen LogP contribution in [0.2, 0.25) is 0 Å². The summed E-state index contributed by atoms with van der Waals surface area (Å²) in [6.45, 7) is 5.17. The molecule has 0 atom stereocenters. The average molecular weight is 265 g/mol. The van der Waals surface area contributed by atoms with Gasteiger partial charge in [0.1, 0.15) is 6.61 Å². The molecule has 0 radical (unpaired) electrons. The van der Waals surface area contributed by atoms with Gasteiger partial charge in [-0.3, -0.25) is 9.78 Å². The van der Waals surface area contributed by atoms with Crippen molar-refractivity contribution in [2.24, 2.45) is 0 Å². The Bertz CT molecular complexity index is 344. The van der Waals surface area contributed by atoms with Crippen LogP contribution in [0.1, 0.15) is 25.3 Å². The summed E-state index contributed by atoms with van der Waals surface area (Å²) in [5.41, 5.74) is 1.17. The molecule has 1 rings (SSSR count). The molecule has 0 spiro atoms. The first kappa shape index (κ1) is 15.6. The lowest BCUT2D eigenvalue weighted by atomic mass is 10.3. The van der Waals surface area contributed by atoms with Crippen molar-refractivity contribution in [3.8, 4) is 0 Å². The topological polar surface area (TPSA) is 63.2 Å². The van der Waals surface area contributed by atoms with Gasteiger partial charge in [0.2, 0.25) is 5.91 Å². The third-order valence-electron chi connectivity index (χ3n) is 2.49. The normalized spacial score (nSPS) is 10.4. The number of aromatic nitrogens is 1. The Morgan fingerprint density at radius 2 is 2.32 bits per heavy atom. The van der Waals surface area contributed by atoms with Crippen LogP contribution in [0.4, 0.5) is 0 Å². The number of pyridine rings is 1. The summed E-state index contributed by atoms with van der Waals surface area (Å²) in [6.07, 6.45) is 5.45. The van der Waals surface area contributed by atoms with Crippen LogP contribution in [-0.2, 0) is 16.1 Å². The van der Waals surface area contributed by atoms with Crippen LogP contribution in [0.5, 0.6) is 0 Å². The fourth-order valence-electron chi connectivity index (χ4n) is 1.54. The van der Waals surface area contributed by atoms with Crippen LogP contribution >= 0.6 is 0 Å². The molecular weight excluding hydrogens is 242 g/mol. The fraction of sp³-hybridized carbons (Fsp3) is 0.571. The largest absolute Gasteiger partial charge is 0.372 e. The van der Waals surface area contributed by atoms with Crippen molar-refractivity contribution in [1.29, 1.82) is 0 Å². The maximum Gasteiger partial charge on any atom is 0.245 e. The molecule has 1 aromatic heterocycles. The minimum Gasteiger partial charge on any atom is -0.372 e. The number of nitrogens with one attached hydrogen (secondary N) is 2. The molecular formula is C14H23N3O2. The first-order valence-electron chi connectivity index (χ1n) is 6.77. The molecule has 1 amide bonds. The SMILES string of the molecule is CCCOCC(=O)NCCCNCc1cccnc1. The third kappa shape index (κ3) is 8.29. The predicted octanol–water partition coefficient (Wildman–Crippen LogP) is 1.10. The van der Waals surface area contributed by atoms with Gasteiger partial charge >= 0.3 is 0 Å². The van der Waals surface area contributed by atoms with Gasteiger partial charge in [-0.25, -0.2) is 0 Å². The summed E-state index contributed by atoms with van der Waals surface area (Å²) in [6, 6.07) is 3.96. The Labute approximate surface area is 114 Å². The molecule has 0 aliphatic rings. The molecule has 0 aliphatic heterocycles. The third-order valence-corrected chi connectivity index (χ3v) is 2.49. The smallest absolute Gasteiger partial charge is 0.245 e. The highest BCUT2D eigenvalue weighted by Gasteiger charge is 1.99. The van der Waals surface area contributed by atoms with Gasteiger partial charge in [0.15, 0.2) is 0 Å². The molecule has 19 heavy (non-hydrogen) atoms. The number of carbonyl (C=O) groups is 1. The molecule has 106 valence electrons. The number of hydrogen-bond acceptors (Lipinski definition) is 4. The molecule has 1 heterocycles. The number of amides is 1. The second-order valence-corrected chi connectivity index (χ2v) is 4.29. The lowest BCUT2D eigenvalue weighted by molar-refractivity contribution is -0.125. The quantitative estimate of drug-likeness (QED) is 0.622. The van der Waals surface area contributed by atoms with Crippen molar-refractivity contribution in [3.63, 3.8) is 0 Å². The maximum atomic E-state index is 11.3. The van der Waals surface area contributed by atoms with Crippen molar-refractivity contribution in [1.82, 2.24) is 15.6 Å². The molecule has 2 N–H and O–H groups in total. The minimum absolute atomic E-state index is 0.0410. The van der Waals surface area contributed by atoms with Gasteiger partial charge in [-0.15, -0.1) is 0 Å². The Kier molecular flexibility index (Phi) is 8.59. The molecule has 5 heteroatoms. The summed E-state index contributed by atoms with van der Waals surface area (Å²) in [7, 11) is 0. The molecule has 0 saturated heterocycles. The zero-order valence-electron chi connectivity index (χ0n) is 11.5. The zero-order valence-corrected chi connectivity index (χ0v) is 11.5. The van der Waals surface area contributed by atoms with Gasteiger partial charge in [0, 0.05) is 32.1 Å². The van der Waals surface area contributed by atoms with E-state index in [4.69, 9.17) is 4.74 Å². The van der Waals surface area contributed by atoms with Crippen LogP contribution in [0, 0.1) is 0 Å². The van der Waals surface area contributed by atoms with E-state index in [1.807, 2.05) is 25.3 Å². The van der Waals surface area contributed by atoms with Crippen LogP contribution in [0.15, 0.2) is 24.5 Å². The van der Waals surface area contributed by atoms with E-state index in [1.165, 1.54) is 5.56 Å². The first-order valence-corrected chi connectivity index (χ1v) is 6.77. The number of nitrogens with zero attached hydrogens (tertiary/aromatic N) is 1. The summed E-state index contributed by atoms with van der Waals surface area (Å²) >= 11 is 0. The molecule has 1 aromatic rings. The molecule has 0 bridgehead atoms. The summed E-state index contributed by atoms with van der Waals surface area (Å²) in [4.78, 5) is 15.4. The van der Waals surface area contributed by atoms with Gasteiger partial charge in [0.25, 0.3) is 0 Å². The highest BCUT2D eigenvalue weighted by molar-refractivity contribution is 5.77. The number of hydrogen-bond donors (Lipinski definition) is 2. The number of rotatable bonds is 10. The summed E-state index contributed by atoms with van der Waals surface area (Å²) in [5, 5.41) is 6.13. The van der Waals surface area contributed by atoms with Gasteiger partial charge < -0.3 is 15.4 Å². The van der Waals surface area contributed by atoms with Crippen molar-refractivity contribution >= 4 is 5.91 Å². The second kappa shape index (κ2) is 10.5. The van der Waals surface area contributed by atoms with E-state index in [1.54, 1.807) is 6.20 Å². The Morgan fingerprint density at radius 1 is 1.42 bits per heavy atom. The van der Waals surface area contributed by atoms with Crippen molar-refractivity contribution in [2.75, 3.05) is 26.3 Å². The van der Waals surface area contributed by atoms with Gasteiger partial charge in [-0.1, -0.05) is 13.0 Å². The molecule has 0 fully saturated rings. The summed E-state index contributed by atoms with van der Waals surface area (Å²) in [5.74, 6) is -0.0410. The maximum absolute atomic E-state index is 11.3. The molecule has 0 aliphatic carbocycles. The predicted molar refractivity (Wildman–Crippen MR) is 74.7 cm³/mol. The zero-order chi connectivity index (χ0) is 13.8. The van der Waals surface area contributed by atoms with E-state index in [0.29, 0.717) is 13.2 Å². The summed E-state index contributed by atoms with van der Waals surface area (Å²) < 4.78 is 5.15. The van der Waals surface area contributed by atoms with E-state index in [-0.39, 0.29) is 12.5 Å². The minimum atomic E-state index is -0.0410. The highest BCUT2D eigenvalue weighted by Crippen LogP contribution is 1.93. The van der Waals surface area contributed by atoms with Gasteiger partial charge in [-0.2, -0.15) is 0 Å². The molecule has 5 nitrogen and oxygen atoms in total. The standard InChI is InChI=1S/C14H23N3O2/c1-2-9-19-12-14(18)17-8-4-7-16-11-13-5-3-6-15-10-13/h3,5-6,10,16H,2,4,7-9,11-12H2,1H3,(H,17,18). The second-order valence-electron chi connectivity index (χ2n) is 4.29. The van der Waals surface area contributed by atoms with Crippen molar-refractivity contribution in [3.05, 3.63) is 30.1 Å². The van der Waals surface area contributed by atoms with E-state index < -0.39 is 0 Å². The Balaban J connectivity index is 1.92. The number of ether oxygens (including phenoxy) is 1. The van der Waals surface area contributed by atoms with E-state index in [9.17, 15) is 4.79 Å². The van der Waals surface area contributed by atoms with E-state index >= 15 is 0 Å². The first-order chi connectivity index (χ1) is 9.33. The van der Waals surface area contributed by atoms with E-state index in [0.717, 1.165) is 25.9 Å².